The molecule has 8 heteroatoms. The molecule has 1 atom stereocenters. The first-order chi connectivity index (χ1) is 9.64. The van der Waals surface area contributed by atoms with Crippen LogP contribution < -0.4 is 14.8 Å². The Bertz CT molecular complexity index is 519. The van der Waals surface area contributed by atoms with Crippen LogP contribution in [0.2, 0.25) is 0 Å². The lowest BCUT2D eigenvalue weighted by atomic mass is 9.91. The van der Waals surface area contributed by atoms with Gasteiger partial charge in [0.1, 0.15) is 5.54 Å². The van der Waals surface area contributed by atoms with Crippen molar-refractivity contribution < 1.29 is 32.5 Å². The van der Waals surface area contributed by atoms with Gasteiger partial charge < -0.3 is 14.6 Å². The van der Waals surface area contributed by atoms with Gasteiger partial charge in [-0.25, -0.2) is 4.79 Å². The Morgan fingerprint density at radius 3 is 2.24 bits per heavy atom. The Hall–Kier alpha value is -1.96. The molecular formula is C13H16F3NO4. The minimum Gasteiger partial charge on any atom is -0.493 e. The average Bonchev–Trinajstić information content (AvgIpc) is 2.42. The number of ether oxygens (including phenoxy) is 2. The lowest BCUT2D eigenvalue weighted by molar-refractivity contribution is -0.150. The van der Waals surface area contributed by atoms with Gasteiger partial charge in [-0.2, -0.15) is 13.2 Å². The number of benzene rings is 1. The summed E-state index contributed by atoms with van der Waals surface area (Å²) in [4.78, 5) is 11.4. The van der Waals surface area contributed by atoms with Crippen molar-refractivity contribution in [2.75, 3.05) is 20.8 Å². The minimum absolute atomic E-state index is 0.122. The maximum Gasteiger partial charge on any atom is 0.401 e. The summed E-state index contributed by atoms with van der Waals surface area (Å²) >= 11 is 0. The average molecular weight is 307 g/mol. The first-order valence-corrected chi connectivity index (χ1v) is 5.91. The summed E-state index contributed by atoms with van der Waals surface area (Å²) in [6.45, 7) is -0.271. The minimum atomic E-state index is -4.52. The highest BCUT2D eigenvalue weighted by Gasteiger charge is 2.39. The molecule has 0 aliphatic carbocycles. The van der Waals surface area contributed by atoms with Crippen LogP contribution in [-0.2, 0) is 10.3 Å². The van der Waals surface area contributed by atoms with Crippen LogP contribution in [0.5, 0.6) is 11.5 Å². The molecule has 0 aliphatic rings. The zero-order valence-corrected chi connectivity index (χ0v) is 11.7. The molecular weight excluding hydrogens is 291 g/mol. The molecule has 1 aromatic carbocycles. The van der Waals surface area contributed by atoms with Crippen molar-refractivity contribution >= 4 is 5.97 Å². The molecule has 21 heavy (non-hydrogen) atoms. The number of alkyl halides is 3. The van der Waals surface area contributed by atoms with Crippen molar-refractivity contribution in [2.45, 2.75) is 18.6 Å². The lowest BCUT2D eigenvalue weighted by Crippen LogP contribution is -2.50. The van der Waals surface area contributed by atoms with Crippen molar-refractivity contribution in [3.8, 4) is 11.5 Å². The lowest BCUT2D eigenvalue weighted by Gasteiger charge is -2.28. The Kier molecular flexibility index (Phi) is 5.06. The molecule has 0 fully saturated rings. The second-order valence-electron chi connectivity index (χ2n) is 4.47. The topological polar surface area (TPSA) is 67.8 Å². The van der Waals surface area contributed by atoms with E-state index in [0.717, 1.165) is 6.92 Å². The van der Waals surface area contributed by atoms with Gasteiger partial charge in [-0.3, -0.25) is 5.32 Å². The number of carboxylic acids is 1. The Morgan fingerprint density at radius 1 is 1.24 bits per heavy atom. The molecule has 0 aromatic heterocycles. The molecule has 0 heterocycles. The number of halogens is 3. The van der Waals surface area contributed by atoms with Gasteiger partial charge in [-0.15, -0.1) is 0 Å². The largest absolute Gasteiger partial charge is 0.493 e. The van der Waals surface area contributed by atoms with Gasteiger partial charge in [0.15, 0.2) is 11.5 Å². The highest BCUT2D eigenvalue weighted by Crippen LogP contribution is 2.32. The Balaban J connectivity index is 3.19. The van der Waals surface area contributed by atoms with Crippen LogP contribution >= 0.6 is 0 Å². The Morgan fingerprint density at radius 2 is 1.81 bits per heavy atom. The third kappa shape index (κ3) is 4.01. The van der Waals surface area contributed by atoms with E-state index in [2.05, 4.69) is 0 Å². The van der Waals surface area contributed by atoms with Crippen molar-refractivity contribution in [3.05, 3.63) is 23.8 Å². The van der Waals surface area contributed by atoms with Crippen molar-refractivity contribution in [2.24, 2.45) is 0 Å². The molecule has 0 bridgehead atoms. The van der Waals surface area contributed by atoms with Gasteiger partial charge in [0, 0.05) is 0 Å². The molecule has 5 nitrogen and oxygen atoms in total. The molecule has 0 amide bonds. The first-order valence-electron chi connectivity index (χ1n) is 5.91. The van der Waals surface area contributed by atoms with E-state index in [4.69, 9.17) is 9.47 Å². The van der Waals surface area contributed by atoms with E-state index in [1.165, 1.54) is 32.4 Å². The summed E-state index contributed by atoms with van der Waals surface area (Å²) in [5.74, 6) is -0.847. The van der Waals surface area contributed by atoms with Crippen LogP contribution in [0, 0.1) is 0 Å². The summed E-state index contributed by atoms with van der Waals surface area (Å²) in [6, 6.07) is 4.14. The maximum absolute atomic E-state index is 12.3. The van der Waals surface area contributed by atoms with E-state index in [1.807, 2.05) is 5.32 Å². The molecule has 0 saturated heterocycles. The molecule has 0 spiro atoms. The third-order valence-corrected chi connectivity index (χ3v) is 3.03. The molecule has 0 aliphatic heterocycles. The summed E-state index contributed by atoms with van der Waals surface area (Å²) in [6.07, 6.45) is -4.52. The molecule has 0 radical (unpaired) electrons. The quantitative estimate of drug-likeness (QED) is 0.843. The van der Waals surface area contributed by atoms with Gasteiger partial charge in [0.25, 0.3) is 0 Å². The maximum atomic E-state index is 12.3. The molecule has 2 N–H and O–H groups in total. The van der Waals surface area contributed by atoms with E-state index < -0.39 is 24.2 Å². The second-order valence-corrected chi connectivity index (χ2v) is 4.47. The molecule has 1 unspecified atom stereocenters. The summed E-state index contributed by atoms with van der Waals surface area (Å²) < 4.78 is 47.0. The second kappa shape index (κ2) is 6.21. The molecule has 1 aromatic rings. The van der Waals surface area contributed by atoms with E-state index in [9.17, 15) is 23.1 Å². The van der Waals surface area contributed by atoms with E-state index in [-0.39, 0.29) is 11.3 Å². The van der Waals surface area contributed by atoms with Crippen LogP contribution in [0.1, 0.15) is 12.5 Å². The van der Waals surface area contributed by atoms with E-state index >= 15 is 0 Å². The number of carbonyl (C=O) groups is 1. The summed E-state index contributed by atoms with van der Waals surface area (Å²) in [7, 11) is 2.75. The fourth-order valence-electron chi connectivity index (χ4n) is 1.73. The monoisotopic (exact) mass is 307 g/mol. The van der Waals surface area contributed by atoms with Gasteiger partial charge in [-0.05, 0) is 24.6 Å². The number of nitrogens with one attached hydrogen (secondary N) is 1. The summed E-state index contributed by atoms with van der Waals surface area (Å²) in [5, 5.41) is 11.3. The smallest absolute Gasteiger partial charge is 0.401 e. The fraction of sp³-hybridized carbons (Fsp3) is 0.462. The van der Waals surface area contributed by atoms with Crippen LogP contribution in [0.3, 0.4) is 0 Å². The number of hydrogen-bond donors (Lipinski definition) is 2. The van der Waals surface area contributed by atoms with Crippen LogP contribution in [0.4, 0.5) is 13.2 Å². The van der Waals surface area contributed by atoms with Crippen LogP contribution in [0.25, 0.3) is 0 Å². The van der Waals surface area contributed by atoms with Gasteiger partial charge >= 0.3 is 12.1 Å². The van der Waals surface area contributed by atoms with Crippen molar-refractivity contribution in [1.29, 1.82) is 0 Å². The number of hydrogen-bond acceptors (Lipinski definition) is 4. The normalized spacial score (nSPS) is 14.4. The van der Waals surface area contributed by atoms with Crippen LogP contribution in [0.15, 0.2) is 18.2 Å². The third-order valence-electron chi connectivity index (χ3n) is 3.03. The summed E-state index contributed by atoms with van der Waals surface area (Å²) in [5.41, 5.74) is -1.79. The highest BCUT2D eigenvalue weighted by atomic mass is 19.4. The predicted octanol–water partition coefficient (Wildman–Crippen LogP) is 2.16. The number of carboxylic acid groups (broad SMARTS) is 1. The SMILES string of the molecule is COc1ccc(C(C)(NCC(F)(F)F)C(=O)O)cc1OC. The van der Waals surface area contributed by atoms with E-state index in [1.54, 1.807) is 0 Å². The zero-order chi connectivity index (χ0) is 16.3. The predicted molar refractivity (Wildman–Crippen MR) is 68.6 cm³/mol. The zero-order valence-electron chi connectivity index (χ0n) is 11.7. The number of rotatable bonds is 6. The first kappa shape index (κ1) is 17.1. The van der Waals surface area contributed by atoms with Gasteiger partial charge in [0.05, 0.1) is 20.8 Å². The van der Waals surface area contributed by atoms with Crippen molar-refractivity contribution in [3.63, 3.8) is 0 Å². The number of aliphatic carboxylic acids is 1. The number of methoxy groups -OCH3 is 2. The molecule has 1 rings (SSSR count). The Labute approximate surface area is 119 Å². The standard InChI is InChI=1S/C13H16F3NO4/c1-12(11(18)19,17-7-13(14,15)16)8-4-5-9(20-2)10(6-8)21-3/h4-6,17H,7H2,1-3H3,(H,18,19). The fourth-order valence-corrected chi connectivity index (χ4v) is 1.73. The van der Waals surface area contributed by atoms with Crippen molar-refractivity contribution in [1.82, 2.24) is 5.32 Å². The molecule has 118 valence electrons. The van der Waals surface area contributed by atoms with Gasteiger partial charge in [0.2, 0.25) is 0 Å². The van der Waals surface area contributed by atoms with E-state index in [0.29, 0.717) is 5.75 Å². The molecule has 0 saturated carbocycles. The van der Waals surface area contributed by atoms with Gasteiger partial charge in [-0.1, -0.05) is 6.07 Å². The highest BCUT2D eigenvalue weighted by molar-refractivity contribution is 5.80. The van der Waals surface area contributed by atoms with Crippen LogP contribution in [-0.4, -0.2) is 38.0 Å².